The van der Waals surface area contributed by atoms with Crippen molar-refractivity contribution in [3.05, 3.63) is 253 Å². The molecular formula is C58H38N2. The van der Waals surface area contributed by atoms with Crippen molar-refractivity contribution in [3.8, 4) is 55.6 Å². The van der Waals surface area contributed by atoms with Crippen LogP contribution in [-0.2, 0) is 5.41 Å². The van der Waals surface area contributed by atoms with Crippen LogP contribution in [0.3, 0.4) is 0 Å². The quantitative estimate of drug-likeness (QED) is 0.168. The van der Waals surface area contributed by atoms with Gasteiger partial charge < -0.3 is 4.90 Å². The minimum atomic E-state index is -0.547. The Bertz CT molecular complexity index is 3140. The average Bonchev–Trinajstić information content (AvgIpc) is 3.80. The van der Waals surface area contributed by atoms with Crippen molar-refractivity contribution in [2.45, 2.75) is 5.41 Å². The molecule has 0 N–H and O–H groups in total. The molecule has 1 atom stereocenters. The van der Waals surface area contributed by atoms with E-state index in [0.29, 0.717) is 0 Å². The van der Waals surface area contributed by atoms with Crippen molar-refractivity contribution >= 4 is 27.8 Å². The molecule has 12 rings (SSSR count). The molecule has 0 radical (unpaired) electrons. The lowest BCUT2D eigenvalue weighted by Gasteiger charge is -2.32. The zero-order valence-electron chi connectivity index (χ0n) is 32.8. The first-order valence-corrected chi connectivity index (χ1v) is 20.7. The van der Waals surface area contributed by atoms with Gasteiger partial charge >= 0.3 is 0 Å². The minimum absolute atomic E-state index is 0.547. The lowest BCUT2D eigenvalue weighted by Crippen LogP contribution is -2.26. The molecule has 0 saturated heterocycles. The molecule has 1 heterocycles. The Kier molecular flexibility index (Phi) is 7.79. The summed E-state index contributed by atoms with van der Waals surface area (Å²) in [6.07, 6.45) is 3.86. The molecule has 0 saturated carbocycles. The Morgan fingerprint density at radius 2 is 0.883 bits per heavy atom. The maximum absolute atomic E-state index is 4.59. The van der Waals surface area contributed by atoms with Crippen LogP contribution in [0.2, 0.25) is 0 Å². The van der Waals surface area contributed by atoms with Crippen molar-refractivity contribution in [3.63, 3.8) is 0 Å². The molecule has 0 bridgehead atoms. The maximum atomic E-state index is 4.59. The number of rotatable bonds is 6. The predicted octanol–water partition coefficient (Wildman–Crippen LogP) is 15.0. The lowest BCUT2D eigenvalue weighted by atomic mass is 9.70. The molecule has 2 heteroatoms. The van der Waals surface area contributed by atoms with Gasteiger partial charge in [0, 0.05) is 35.0 Å². The van der Waals surface area contributed by atoms with Crippen LogP contribution in [-0.4, -0.2) is 4.98 Å². The normalized spacial score (nSPS) is 14.4. The molecule has 1 unspecified atom stereocenters. The molecule has 9 aromatic carbocycles. The summed E-state index contributed by atoms with van der Waals surface area (Å²) >= 11 is 0. The van der Waals surface area contributed by atoms with Crippen molar-refractivity contribution in [2.24, 2.45) is 0 Å². The van der Waals surface area contributed by atoms with Crippen LogP contribution >= 0.6 is 0 Å². The van der Waals surface area contributed by atoms with Gasteiger partial charge in [0.2, 0.25) is 0 Å². The highest BCUT2D eigenvalue weighted by atomic mass is 15.1. The van der Waals surface area contributed by atoms with Crippen molar-refractivity contribution in [1.82, 2.24) is 4.98 Å². The van der Waals surface area contributed by atoms with Crippen LogP contribution in [0.25, 0.3) is 66.4 Å². The first-order chi connectivity index (χ1) is 29.8. The van der Waals surface area contributed by atoms with E-state index in [1.807, 2.05) is 18.5 Å². The highest BCUT2D eigenvalue weighted by Crippen LogP contribution is 2.65. The van der Waals surface area contributed by atoms with E-state index in [1.165, 1.54) is 83.1 Å². The Hall–Kier alpha value is -7.81. The number of nitrogens with zero attached hydrogens (tertiary/aromatic N) is 2. The zero-order valence-corrected chi connectivity index (χ0v) is 32.8. The molecule has 1 spiro atoms. The predicted molar refractivity (Wildman–Crippen MR) is 249 cm³/mol. The number of anilines is 3. The van der Waals surface area contributed by atoms with Crippen LogP contribution in [0, 0.1) is 0 Å². The maximum Gasteiger partial charge on any atom is 0.0726 e. The van der Waals surface area contributed by atoms with E-state index < -0.39 is 5.41 Å². The molecular weight excluding hydrogens is 725 g/mol. The number of fused-ring (bicyclic) bond motifs is 12. The SMILES string of the molecule is c1ccc(-c2ccc(N(c3ccc(-c4ccccc4)cc3)c3ccc4c(c3)C3(c5ccccc5-4)c4cccc(-c5cccnc5)c4-c4c3ccc3ccccc43)cc2)cc1. The van der Waals surface area contributed by atoms with Crippen molar-refractivity contribution in [1.29, 1.82) is 0 Å². The minimum Gasteiger partial charge on any atom is -0.310 e. The van der Waals surface area contributed by atoms with Gasteiger partial charge in [-0.2, -0.15) is 0 Å². The topological polar surface area (TPSA) is 16.1 Å². The van der Waals surface area contributed by atoms with Crippen LogP contribution in [0.4, 0.5) is 17.1 Å². The number of aromatic nitrogens is 1. The standard InChI is InChI=1S/C58H38N2/c1-3-13-39(14-4-1)41-24-29-45(30-25-41)60(46-31-26-42(27-32-46)40-15-5-2-6-16-40)47-33-34-51-50-20-9-10-22-52(50)58(55(51)37-47)53-23-11-21-49(44-18-12-36-59-38-44)57(53)56-48-19-8-7-17-43(48)28-35-54(56)58/h1-38H. The highest BCUT2D eigenvalue weighted by molar-refractivity contribution is 6.09. The molecule has 2 aliphatic carbocycles. The summed E-state index contributed by atoms with van der Waals surface area (Å²) in [6, 6.07) is 80.2. The first kappa shape index (κ1) is 34.3. The fourth-order valence-electron chi connectivity index (χ4n) is 10.2. The molecule has 60 heavy (non-hydrogen) atoms. The van der Waals surface area contributed by atoms with Gasteiger partial charge in [-0.15, -0.1) is 0 Å². The number of hydrogen-bond donors (Lipinski definition) is 0. The molecule has 1 aromatic heterocycles. The van der Waals surface area contributed by atoms with Gasteiger partial charge in [-0.25, -0.2) is 0 Å². The Morgan fingerprint density at radius 1 is 0.333 bits per heavy atom. The van der Waals surface area contributed by atoms with E-state index in [0.717, 1.165) is 22.6 Å². The highest BCUT2D eigenvalue weighted by Gasteiger charge is 2.52. The third-order valence-electron chi connectivity index (χ3n) is 12.8. The van der Waals surface area contributed by atoms with Gasteiger partial charge in [0.05, 0.1) is 5.41 Å². The van der Waals surface area contributed by atoms with Crippen LogP contribution in [0.1, 0.15) is 22.3 Å². The van der Waals surface area contributed by atoms with E-state index in [2.05, 4.69) is 222 Å². The summed E-state index contributed by atoms with van der Waals surface area (Å²) in [4.78, 5) is 7.01. The second-order valence-electron chi connectivity index (χ2n) is 15.9. The van der Waals surface area contributed by atoms with Gasteiger partial charge in [-0.05, 0) is 126 Å². The van der Waals surface area contributed by atoms with E-state index >= 15 is 0 Å². The second-order valence-corrected chi connectivity index (χ2v) is 15.9. The molecule has 0 aliphatic heterocycles. The van der Waals surface area contributed by atoms with Gasteiger partial charge in [0.25, 0.3) is 0 Å². The summed E-state index contributed by atoms with van der Waals surface area (Å²) in [5.41, 5.74) is 20.3. The van der Waals surface area contributed by atoms with Gasteiger partial charge in [-0.1, -0.05) is 176 Å². The second kappa shape index (κ2) is 13.7. The fourth-order valence-corrected chi connectivity index (χ4v) is 10.2. The van der Waals surface area contributed by atoms with Gasteiger partial charge in [0.15, 0.2) is 0 Å². The molecule has 0 fully saturated rings. The van der Waals surface area contributed by atoms with Crippen molar-refractivity contribution in [2.75, 3.05) is 4.90 Å². The monoisotopic (exact) mass is 762 g/mol. The summed E-state index contributed by atoms with van der Waals surface area (Å²) in [5, 5.41) is 2.51. The Morgan fingerprint density at radius 3 is 1.58 bits per heavy atom. The number of hydrogen-bond acceptors (Lipinski definition) is 2. The third kappa shape index (κ3) is 5.11. The van der Waals surface area contributed by atoms with E-state index in [4.69, 9.17) is 0 Å². The molecule has 2 nitrogen and oxygen atoms in total. The summed E-state index contributed by atoms with van der Waals surface area (Å²) in [6.45, 7) is 0. The Balaban J connectivity index is 1.11. The van der Waals surface area contributed by atoms with Crippen LogP contribution in [0.15, 0.2) is 231 Å². The summed E-state index contributed by atoms with van der Waals surface area (Å²) < 4.78 is 0. The molecule has 0 amide bonds. The smallest absolute Gasteiger partial charge is 0.0726 e. The fraction of sp³-hybridized carbons (Fsp3) is 0.0172. The third-order valence-corrected chi connectivity index (χ3v) is 12.8. The first-order valence-electron chi connectivity index (χ1n) is 20.7. The van der Waals surface area contributed by atoms with Crippen LogP contribution < -0.4 is 4.90 Å². The zero-order chi connectivity index (χ0) is 39.6. The largest absolute Gasteiger partial charge is 0.310 e. The van der Waals surface area contributed by atoms with Crippen molar-refractivity contribution < 1.29 is 0 Å². The van der Waals surface area contributed by atoms with Gasteiger partial charge in [0.1, 0.15) is 0 Å². The lowest BCUT2D eigenvalue weighted by molar-refractivity contribution is 0.794. The molecule has 10 aromatic rings. The molecule has 280 valence electrons. The Labute approximate surface area is 350 Å². The van der Waals surface area contributed by atoms with E-state index in [9.17, 15) is 0 Å². The van der Waals surface area contributed by atoms with E-state index in [-0.39, 0.29) is 0 Å². The average molecular weight is 763 g/mol. The van der Waals surface area contributed by atoms with E-state index in [1.54, 1.807) is 0 Å². The molecule has 2 aliphatic rings. The summed E-state index contributed by atoms with van der Waals surface area (Å²) in [5.74, 6) is 0. The summed E-state index contributed by atoms with van der Waals surface area (Å²) in [7, 11) is 0. The number of pyridine rings is 1. The van der Waals surface area contributed by atoms with Crippen LogP contribution in [0.5, 0.6) is 0 Å². The van der Waals surface area contributed by atoms with Gasteiger partial charge in [-0.3, -0.25) is 4.98 Å². The number of benzene rings is 9.